The highest BCUT2D eigenvalue weighted by molar-refractivity contribution is 4.93. The zero-order valence-corrected chi connectivity index (χ0v) is 9.26. The molecule has 2 aliphatic carbocycles. The zero-order chi connectivity index (χ0) is 10.0. The van der Waals surface area contributed by atoms with Crippen LogP contribution in [0.1, 0.15) is 51.9 Å². The minimum atomic E-state index is -0.393. The van der Waals surface area contributed by atoms with Crippen molar-refractivity contribution >= 4 is 0 Å². The second-order valence-electron chi connectivity index (χ2n) is 5.11. The van der Waals surface area contributed by atoms with Gasteiger partial charge < -0.3 is 10.4 Å². The van der Waals surface area contributed by atoms with E-state index < -0.39 is 5.60 Å². The highest BCUT2D eigenvalue weighted by Crippen LogP contribution is 2.36. The molecular weight excluding hydrogens is 174 g/mol. The minimum Gasteiger partial charge on any atom is -0.388 e. The Bertz CT molecular complexity index is 191. The lowest BCUT2D eigenvalue weighted by atomic mass is 9.74. The van der Waals surface area contributed by atoms with Crippen molar-refractivity contribution in [3.05, 3.63) is 0 Å². The monoisotopic (exact) mass is 197 g/mol. The topological polar surface area (TPSA) is 32.3 Å². The van der Waals surface area contributed by atoms with Gasteiger partial charge >= 0.3 is 0 Å². The van der Waals surface area contributed by atoms with Crippen LogP contribution in [0.15, 0.2) is 0 Å². The fourth-order valence-corrected chi connectivity index (χ4v) is 2.72. The number of nitrogens with one attached hydrogen (secondary N) is 1. The van der Waals surface area contributed by atoms with E-state index in [2.05, 4.69) is 12.2 Å². The highest BCUT2D eigenvalue weighted by atomic mass is 16.3. The van der Waals surface area contributed by atoms with E-state index in [0.29, 0.717) is 5.92 Å². The van der Waals surface area contributed by atoms with E-state index in [1.807, 2.05) is 0 Å². The molecule has 0 spiro atoms. The van der Waals surface area contributed by atoms with E-state index in [4.69, 9.17) is 0 Å². The van der Waals surface area contributed by atoms with Crippen LogP contribution in [0.3, 0.4) is 0 Å². The van der Waals surface area contributed by atoms with Crippen LogP contribution in [0.4, 0.5) is 0 Å². The van der Waals surface area contributed by atoms with Gasteiger partial charge in [0.1, 0.15) is 0 Å². The summed E-state index contributed by atoms with van der Waals surface area (Å²) in [5.74, 6) is 0.530. The van der Waals surface area contributed by atoms with Crippen molar-refractivity contribution in [3.8, 4) is 0 Å². The first kappa shape index (κ1) is 10.4. The average Bonchev–Trinajstić information content (AvgIpc) is 2.99. The fraction of sp³-hybridized carbons (Fsp3) is 1.00. The zero-order valence-electron chi connectivity index (χ0n) is 9.26. The predicted molar refractivity (Wildman–Crippen MR) is 58.2 cm³/mol. The van der Waals surface area contributed by atoms with Crippen molar-refractivity contribution in [1.82, 2.24) is 5.32 Å². The number of aliphatic hydroxyl groups is 1. The van der Waals surface area contributed by atoms with Crippen LogP contribution in [0.2, 0.25) is 0 Å². The van der Waals surface area contributed by atoms with Crippen LogP contribution >= 0.6 is 0 Å². The summed E-state index contributed by atoms with van der Waals surface area (Å²) in [6.07, 6.45) is 8.50. The van der Waals surface area contributed by atoms with Crippen molar-refractivity contribution < 1.29 is 5.11 Å². The molecule has 2 nitrogen and oxygen atoms in total. The predicted octanol–water partition coefficient (Wildman–Crippen LogP) is 2.07. The van der Waals surface area contributed by atoms with Crippen LogP contribution in [0.25, 0.3) is 0 Å². The van der Waals surface area contributed by atoms with Crippen LogP contribution in [0.5, 0.6) is 0 Å². The van der Waals surface area contributed by atoms with Gasteiger partial charge in [-0.1, -0.05) is 26.2 Å². The lowest BCUT2D eigenvalue weighted by Crippen LogP contribution is -2.49. The van der Waals surface area contributed by atoms with Crippen molar-refractivity contribution in [1.29, 1.82) is 0 Å². The molecule has 0 aromatic carbocycles. The molecule has 14 heavy (non-hydrogen) atoms. The third kappa shape index (κ3) is 2.29. The van der Waals surface area contributed by atoms with Gasteiger partial charge in [0.15, 0.2) is 0 Å². The van der Waals surface area contributed by atoms with E-state index in [1.165, 1.54) is 32.1 Å². The second-order valence-corrected chi connectivity index (χ2v) is 5.11. The normalized spacial score (nSPS) is 38.6. The Morgan fingerprint density at radius 1 is 1.29 bits per heavy atom. The van der Waals surface area contributed by atoms with E-state index in [0.717, 1.165) is 25.4 Å². The van der Waals surface area contributed by atoms with E-state index in [1.54, 1.807) is 0 Å². The molecular formula is C12H23NO. The van der Waals surface area contributed by atoms with Gasteiger partial charge in [0.25, 0.3) is 0 Å². The molecule has 0 saturated heterocycles. The summed E-state index contributed by atoms with van der Waals surface area (Å²) in [6, 6.07) is 0.721. The first-order valence-corrected chi connectivity index (χ1v) is 6.20. The van der Waals surface area contributed by atoms with Crippen LogP contribution in [-0.4, -0.2) is 23.3 Å². The minimum absolute atomic E-state index is 0.393. The van der Waals surface area contributed by atoms with Crippen LogP contribution in [-0.2, 0) is 0 Å². The van der Waals surface area contributed by atoms with Gasteiger partial charge in [-0.2, -0.15) is 0 Å². The first-order valence-electron chi connectivity index (χ1n) is 6.20. The molecule has 2 atom stereocenters. The van der Waals surface area contributed by atoms with Gasteiger partial charge in [0.2, 0.25) is 0 Å². The lowest BCUT2D eigenvalue weighted by Gasteiger charge is -2.40. The molecule has 0 aromatic rings. The molecule has 2 rings (SSSR count). The molecule has 2 saturated carbocycles. The molecule has 2 heteroatoms. The summed E-state index contributed by atoms with van der Waals surface area (Å²) in [7, 11) is 0. The van der Waals surface area contributed by atoms with Gasteiger partial charge in [0.05, 0.1) is 5.60 Å². The Morgan fingerprint density at radius 3 is 2.71 bits per heavy atom. The molecule has 2 fully saturated rings. The van der Waals surface area contributed by atoms with Gasteiger partial charge in [-0.3, -0.25) is 0 Å². The van der Waals surface area contributed by atoms with E-state index in [-0.39, 0.29) is 0 Å². The third-order valence-corrected chi connectivity index (χ3v) is 3.94. The number of rotatable bonds is 4. The Labute approximate surface area is 87.1 Å². The van der Waals surface area contributed by atoms with Crippen LogP contribution in [0, 0.1) is 5.92 Å². The molecule has 0 heterocycles. The molecule has 0 aliphatic heterocycles. The first-order chi connectivity index (χ1) is 6.74. The van der Waals surface area contributed by atoms with Crippen molar-refractivity contribution in [2.45, 2.75) is 63.5 Å². The SMILES string of the molecule is CCC1CCCCC1(O)CNC1CC1. The van der Waals surface area contributed by atoms with E-state index in [9.17, 15) is 5.11 Å². The Morgan fingerprint density at radius 2 is 2.07 bits per heavy atom. The maximum Gasteiger partial charge on any atom is 0.0799 e. The molecule has 0 aromatic heterocycles. The highest BCUT2D eigenvalue weighted by Gasteiger charge is 2.38. The van der Waals surface area contributed by atoms with Gasteiger partial charge in [-0.25, -0.2) is 0 Å². The Hall–Kier alpha value is -0.0800. The maximum atomic E-state index is 10.5. The molecule has 0 radical (unpaired) electrons. The Balaban J connectivity index is 1.87. The second kappa shape index (κ2) is 4.19. The molecule has 2 aliphatic rings. The summed E-state index contributed by atoms with van der Waals surface area (Å²) in [4.78, 5) is 0. The summed E-state index contributed by atoms with van der Waals surface area (Å²) in [5, 5.41) is 14.0. The maximum absolute atomic E-state index is 10.5. The largest absolute Gasteiger partial charge is 0.388 e. The van der Waals surface area contributed by atoms with Gasteiger partial charge in [0, 0.05) is 12.6 Å². The third-order valence-electron chi connectivity index (χ3n) is 3.94. The number of hydrogen-bond donors (Lipinski definition) is 2. The molecule has 0 bridgehead atoms. The molecule has 2 N–H and O–H groups in total. The summed E-state index contributed by atoms with van der Waals surface area (Å²) in [6.45, 7) is 3.04. The summed E-state index contributed by atoms with van der Waals surface area (Å²) >= 11 is 0. The van der Waals surface area contributed by atoms with Gasteiger partial charge in [-0.05, 0) is 31.6 Å². The van der Waals surface area contributed by atoms with Crippen molar-refractivity contribution in [2.75, 3.05) is 6.54 Å². The summed E-state index contributed by atoms with van der Waals surface area (Å²) in [5.41, 5.74) is -0.393. The van der Waals surface area contributed by atoms with E-state index >= 15 is 0 Å². The standard InChI is InChI=1S/C12H23NO/c1-2-10-5-3-4-8-12(10,14)9-13-11-6-7-11/h10-11,13-14H,2-9H2,1H3. The average molecular weight is 197 g/mol. The Kier molecular flexibility index (Phi) is 3.13. The molecule has 2 unspecified atom stereocenters. The number of hydrogen-bond acceptors (Lipinski definition) is 2. The molecule has 82 valence electrons. The van der Waals surface area contributed by atoms with Crippen molar-refractivity contribution in [2.24, 2.45) is 5.92 Å². The molecule has 0 amide bonds. The van der Waals surface area contributed by atoms with Crippen LogP contribution < -0.4 is 5.32 Å². The lowest BCUT2D eigenvalue weighted by molar-refractivity contribution is -0.0481. The van der Waals surface area contributed by atoms with Crippen molar-refractivity contribution in [3.63, 3.8) is 0 Å². The summed E-state index contributed by atoms with van der Waals surface area (Å²) < 4.78 is 0. The van der Waals surface area contributed by atoms with Gasteiger partial charge in [-0.15, -0.1) is 0 Å². The fourth-order valence-electron chi connectivity index (χ4n) is 2.72. The quantitative estimate of drug-likeness (QED) is 0.723. The smallest absolute Gasteiger partial charge is 0.0799 e.